The highest BCUT2D eigenvalue weighted by Gasteiger charge is 2.16. The van der Waals surface area contributed by atoms with Gasteiger partial charge in [0.2, 0.25) is 0 Å². The highest BCUT2D eigenvalue weighted by atomic mass is 32.2. The van der Waals surface area contributed by atoms with Crippen LogP contribution >= 0.6 is 11.8 Å². The minimum Gasteiger partial charge on any atom is -0.361 e. The van der Waals surface area contributed by atoms with Gasteiger partial charge in [0.1, 0.15) is 17.1 Å². The van der Waals surface area contributed by atoms with Crippen molar-refractivity contribution in [3.63, 3.8) is 0 Å². The molecule has 0 saturated heterocycles. The largest absolute Gasteiger partial charge is 0.361 e. The molecule has 0 fully saturated rings. The molecule has 1 aliphatic rings. The van der Waals surface area contributed by atoms with Crippen LogP contribution in [-0.4, -0.2) is 55.2 Å². The van der Waals surface area contributed by atoms with Crippen LogP contribution in [0.25, 0.3) is 22.8 Å². The number of thioether (sulfide) groups is 1. The number of aromatic nitrogens is 5. The van der Waals surface area contributed by atoms with Crippen molar-refractivity contribution >= 4 is 11.8 Å². The number of hydrogen-bond acceptors (Lipinski definition) is 7. The summed E-state index contributed by atoms with van der Waals surface area (Å²) in [4.78, 5) is 7.26. The van der Waals surface area contributed by atoms with Gasteiger partial charge in [-0.3, -0.25) is 0 Å². The van der Waals surface area contributed by atoms with Crippen LogP contribution in [0.2, 0.25) is 0 Å². The van der Waals surface area contributed by atoms with E-state index in [-0.39, 0.29) is 0 Å². The van der Waals surface area contributed by atoms with Gasteiger partial charge in [-0.25, -0.2) is 4.98 Å². The Kier molecular flexibility index (Phi) is 7.02. The van der Waals surface area contributed by atoms with Gasteiger partial charge in [-0.2, -0.15) is 0 Å². The smallest absolute Gasteiger partial charge is 0.191 e. The van der Waals surface area contributed by atoms with Gasteiger partial charge in [-0.15, -0.1) is 10.2 Å². The summed E-state index contributed by atoms with van der Waals surface area (Å²) in [6.07, 6.45) is 3.29. The Hall–Kier alpha value is -2.97. The summed E-state index contributed by atoms with van der Waals surface area (Å²) in [5.41, 5.74) is 8.05. The van der Waals surface area contributed by atoms with E-state index in [1.807, 2.05) is 33.0 Å². The van der Waals surface area contributed by atoms with Crippen LogP contribution in [0.4, 0.5) is 0 Å². The molecule has 0 spiro atoms. The summed E-state index contributed by atoms with van der Waals surface area (Å²) in [6, 6.07) is 12.8. The summed E-state index contributed by atoms with van der Waals surface area (Å²) in [6.45, 7) is 9.33. The zero-order valence-corrected chi connectivity index (χ0v) is 21.7. The van der Waals surface area contributed by atoms with Crippen molar-refractivity contribution in [2.75, 3.05) is 25.4 Å². The van der Waals surface area contributed by atoms with Gasteiger partial charge in [0.05, 0.1) is 0 Å². The lowest BCUT2D eigenvalue weighted by Crippen LogP contribution is -2.27. The summed E-state index contributed by atoms with van der Waals surface area (Å²) in [5, 5.41) is 13.9. The number of nitrogens with zero attached hydrogens (tertiary/aromatic N) is 6. The standard InChI is InChI=1S/C27H32N6OS/c1-18-6-9-24(28-20(18)3)26-29-30-27(32(26)4)35-15-5-12-33-13-10-21-7-8-23(17-22(21)11-14-33)25-16-19(2)34-31-25/h6-9,16-17H,5,10-15H2,1-4H3. The monoisotopic (exact) mass is 488 g/mol. The second kappa shape index (κ2) is 10.3. The molecule has 1 aliphatic heterocycles. The van der Waals surface area contributed by atoms with E-state index >= 15 is 0 Å². The lowest BCUT2D eigenvalue weighted by molar-refractivity contribution is 0.289. The van der Waals surface area contributed by atoms with Crippen LogP contribution in [-0.2, 0) is 19.9 Å². The first-order chi connectivity index (χ1) is 17.0. The molecule has 0 bridgehead atoms. The van der Waals surface area contributed by atoms with Crippen LogP contribution in [0.15, 0.2) is 46.1 Å². The predicted molar refractivity (Wildman–Crippen MR) is 140 cm³/mol. The van der Waals surface area contributed by atoms with E-state index in [0.717, 1.165) is 84.0 Å². The maximum atomic E-state index is 5.26. The lowest BCUT2D eigenvalue weighted by Gasteiger charge is -2.19. The Labute approximate surface area is 211 Å². The molecule has 4 aromatic rings. The highest BCUT2D eigenvalue weighted by Crippen LogP contribution is 2.26. The molecule has 7 nitrogen and oxygen atoms in total. The Morgan fingerprint density at radius 2 is 1.77 bits per heavy atom. The maximum absolute atomic E-state index is 5.26. The van der Waals surface area contributed by atoms with Gasteiger partial charge in [-0.05, 0) is 75.4 Å². The van der Waals surface area contributed by atoms with Gasteiger partial charge in [0, 0.05) is 43.2 Å². The third kappa shape index (κ3) is 5.33. The average Bonchev–Trinajstić information content (AvgIpc) is 3.38. The molecule has 0 radical (unpaired) electrons. The molecule has 0 amide bonds. The van der Waals surface area contributed by atoms with E-state index in [4.69, 9.17) is 4.52 Å². The second-order valence-electron chi connectivity index (χ2n) is 9.31. The summed E-state index contributed by atoms with van der Waals surface area (Å²) in [7, 11) is 2.02. The molecule has 0 saturated carbocycles. The van der Waals surface area contributed by atoms with Gasteiger partial charge < -0.3 is 14.0 Å². The zero-order chi connectivity index (χ0) is 24.4. The number of rotatable bonds is 7. The molecule has 182 valence electrons. The van der Waals surface area contributed by atoms with Crippen LogP contribution in [0.3, 0.4) is 0 Å². The molecule has 4 heterocycles. The van der Waals surface area contributed by atoms with E-state index in [1.165, 1.54) is 16.7 Å². The molecule has 0 atom stereocenters. The van der Waals surface area contributed by atoms with Crippen LogP contribution in [0.5, 0.6) is 0 Å². The van der Waals surface area contributed by atoms with Crippen molar-refractivity contribution < 1.29 is 4.52 Å². The van der Waals surface area contributed by atoms with Gasteiger partial charge >= 0.3 is 0 Å². The van der Waals surface area contributed by atoms with Crippen molar-refractivity contribution in [2.45, 2.75) is 45.2 Å². The van der Waals surface area contributed by atoms with E-state index in [9.17, 15) is 0 Å². The van der Waals surface area contributed by atoms with Gasteiger partial charge in [0.15, 0.2) is 11.0 Å². The molecule has 0 unspecified atom stereocenters. The predicted octanol–water partition coefficient (Wildman–Crippen LogP) is 5.04. The second-order valence-corrected chi connectivity index (χ2v) is 10.4. The number of benzene rings is 1. The Bertz CT molecular complexity index is 1330. The van der Waals surface area contributed by atoms with Gasteiger partial charge in [0.25, 0.3) is 0 Å². The first kappa shape index (κ1) is 23.8. The molecule has 0 aliphatic carbocycles. The van der Waals surface area contributed by atoms with Crippen molar-refractivity contribution in [3.8, 4) is 22.8 Å². The van der Waals surface area contributed by atoms with Crippen molar-refractivity contribution in [3.05, 3.63) is 64.5 Å². The topological polar surface area (TPSA) is 72.9 Å². The fourth-order valence-corrected chi connectivity index (χ4v) is 5.36. The zero-order valence-electron chi connectivity index (χ0n) is 20.9. The van der Waals surface area contributed by atoms with Crippen molar-refractivity contribution in [1.29, 1.82) is 0 Å². The first-order valence-corrected chi connectivity index (χ1v) is 13.2. The summed E-state index contributed by atoms with van der Waals surface area (Å²) >= 11 is 1.77. The fourth-order valence-electron chi connectivity index (χ4n) is 4.53. The normalized spacial score (nSPS) is 14.2. The lowest BCUT2D eigenvalue weighted by atomic mass is 9.99. The van der Waals surface area contributed by atoms with Crippen LogP contribution in [0.1, 0.15) is 34.6 Å². The van der Waals surface area contributed by atoms with E-state index in [1.54, 1.807) is 11.8 Å². The molecule has 0 N–H and O–H groups in total. The van der Waals surface area contributed by atoms with E-state index in [0.29, 0.717) is 0 Å². The molecule has 1 aromatic carbocycles. The summed E-state index contributed by atoms with van der Waals surface area (Å²) < 4.78 is 7.31. The number of pyridine rings is 1. The summed E-state index contributed by atoms with van der Waals surface area (Å²) in [5.74, 6) is 2.69. The maximum Gasteiger partial charge on any atom is 0.191 e. The third-order valence-electron chi connectivity index (χ3n) is 6.79. The SMILES string of the molecule is Cc1cc(-c2ccc3c(c2)CCN(CCCSc2nnc(-c4ccc(C)c(C)n4)n2C)CC3)no1. The quantitative estimate of drug-likeness (QED) is 0.266. The average molecular weight is 489 g/mol. The molecule has 35 heavy (non-hydrogen) atoms. The van der Waals surface area contributed by atoms with E-state index in [2.05, 4.69) is 61.0 Å². The minimum absolute atomic E-state index is 0.820. The minimum atomic E-state index is 0.820. The number of fused-ring (bicyclic) bond motifs is 1. The number of hydrogen-bond donors (Lipinski definition) is 0. The molecule has 5 rings (SSSR count). The molecule has 8 heteroatoms. The van der Waals surface area contributed by atoms with Crippen LogP contribution < -0.4 is 0 Å². The first-order valence-electron chi connectivity index (χ1n) is 12.2. The highest BCUT2D eigenvalue weighted by molar-refractivity contribution is 7.99. The molecular weight excluding hydrogens is 456 g/mol. The van der Waals surface area contributed by atoms with Crippen LogP contribution in [0, 0.1) is 20.8 Å². The molecular formula is C27H32N6OS. The Balaban J connectivity index is 1.13. The van der Waals surface area contributed by atoms with E-state index < -0.39 is 0 Å². The third-order valence-corrected chi connectivity index (χ3v) is 7.90. The van der Waals surface area contributed by atoms with Crippen molar-refractivity contribution in [2.24, 2.45) is 7.05 Å². The fraction of sp³-hybridized carbons (Fsp3) is 0.407. The van der Waals surface area contributed by atoms with Gasteiger partial charge in [-0.1, -0.05) is 35.1 Å². The Morgan fingerprint density at radius 1 is 0.943 bits per heavy atom. The number of aryl methyl sites for hydroxylation is 3. The Morgan fingerprint density at radius 3 is 2.54 bits per heavy atom. The van der Waals surface area contributed by atoms with Crippen molar-refractivity contribution in [1.82, 2.24) is 29.8 Å². The molecule has 3 aromatic heterocycles.